The second-order valence-corrected chi connectivity index (χ2v) is 16.0. The molecule has 2 saturated heterocycles. The number of halogens is 2. The lowest BCUT2D eigenvalue weighted by Gasteiger charge is -2.50. The number of allylic oxidation sites excluding steroid dienone is 2. The molecule has 9 rings (SSSR count). The van der Waals surface area contributed by atoms with E-state index in [1.54, 1.807) is 48.5 Å². The van der Waals surface area contributed by atoms with Crippen LogP contribution in [0.25, 0.3) is 0 Å². The number of hydrogen-bond donors (Lipinski definition) is 2. The number of aromatic hydroxyl groups is 1. The van der Waals surface area contributed by atoms with Crippen LogP contribution in [0.3, 0.4) is 0 Å². The maximum atomic E-state index is 15.5. The SMILES string of the molecule is COc1cc([C@H]2C3=CC[C@@H]4C(=O)N(c5ccc(Nc6ccccc6)cc5)C(=O)[C@@H]4[C@@H]3C[C@H]3C(=O)N(c4cccc(Cl)c4)C(=O)[C@@]23c2ccccc2)cc(Br)c1O. The molecule has 4 amide bonds. The van der Waals surface area contributed by atoms with Gasteiger partial charge in [0.15, 0.2) is 11.5 Å². The van der Waals surface area contributed by atoms with Crippen molar-refractivity contribution in [3.8, 4) is 11.5 Å². The number of benzene rings is 5. The zero-order valence-corrected chi connectivity index (χ0v) is 32.4. The fraction of sp³-hybridized carbons (Fsp3) is 0.200. The summed E-state index contributed by atoms with van der Waals surface area (Å²) in [6.07, 6.45) is 2.43. The average Bonchev–Trinajstić information content (AvgIpc) is 3.60. The number of carbonyl (C=O) groups is 4. The Morgan fingerprint density at radius 2 is 1.46 bits per heavy atom. The summed E-state index contributed by atoms with van der Waals surface area (Å²) >= 11 is 9.94. The van der Waals surface area contributed by atoms with Crippen LogP contribution in [0.2, 0.25) is 5.02 Å². The molecule has 0 spiro atoms. The van der Waals surface area contributed by atoms with E-state index in [4.69, 9.17) is 16.3 Å². The third-order valence-electron chi connectivity index (χ3n) is 12.0. The molecule has 2 aliphatic heterocycles. The minimum absolute atomic E-state index is 0.113. The van der Waals surface area contributed by atoms with Crippen LogP contribution in [0, 0.1) is 23.7 Å². The van der Waals surface area contributed by atoms with Gasteiger partial charge in [0.05, 0.1) is 46.1 Å². The first-order valence-electron chi connectivity index (χ1n) is 18.4. The molecule has 5 aromatic rings. The Balaban J connectivity index is 1.19. The first-order valence-corrected chi connectivity index (χ1v) is 19.6. The number of carbonyl (C=O) groups excluding carboxylic acids is 4. The van der Waals surface area contributed by atoms with Gasteiger partial charge in [-0.3, -0.25) is 24.1 Å². The highest BCUT2D eigenvalue weighted by Crippen LogP contribution is 2.65. The second-order valence-electron chi connectivity index (χ2n) is 14.7. The number of para-hydroxylation sites is 1. The molecule has 0 bridgehead atoms. The zero-order chi connectivity index (χ0) is 38.9. The molecule has 3 fully saturated rings. The standard InChI is InChI=1S/C45H35BrClN3O6/c1-56-37-22-25(21-36(46)40(37)51)39-32-19-20-33-38(43(54)49(41(33)52)30-17-15-29(16-18-30)48-28-12-6-3-7-13-28)34(32)24-35-42(53)50(31-14-8-11-27(47)23-31)44(55)45(35,39)26-9-4-2-5-10-26/h2-19,21-23,33-35,38-39,48,51H,20,24H2,1H3/t33-,34+,35-,38-,39-,45+/m0/s1. The topological polar surface area (TPSA) is 116 Å². The van der Waals surface area contributed by atoms with Gasteiger partial charge >= 0.3 is 0 Å². The Morgan fingerprint density at radius 3 is 2.16 bits per heavy atom. The molecule has 280 valence electrons. The Labute approximate surface area is 336 Å². The quantitative estimate of drug-likeness (QED) is 0.124. The van der Waals surface area contributed by atoms with Crippen LogP contribution in [0.5, 0.6) is 11.5 Å². The first-order chi connectivity index (χ1) is 27.1. The molecule has 6 atom stereocenters. The van der Waals surface area contributed by atoms with E-state index in [1.807, 2.05) is 78.9 Å². The molecular formula is C45H35BrClN3O6. The third-order valence-corrected chi connectivity index (χ3v) is 12.8. The normalized spacial score (nSPS) is 25.4. The maximum Gasteiger partial charge on any atom is 0.246 e. The third kappa shape index (κ3) is 5.41. The molecule has 2 heterocycles. The molecule has 2 aliphatic carbocycles. The number of phenolic OH excluding ortho intramolecular Hbond substituents is 1. The van der Waals surface area contributed by atoms with E-state index in [0.717, 1.165) is 16.9 Å². The summed E-state index contributed by atoms with van der Waals surface area (Å²) < 4.78 is 5.96. The van der Waals surface area contributed by atoms with Crippen LogP contribution in [-0.4, -0.2) is 35.8 Å². The molecule has 2 N–H and O–H groups in total. The summed E-state index contributed by atoms with van der Waals surface area (Å²) in [4.78, 5) is 62.1. The van der Waals surface area contributed by atoms with Gasteiger partial charge in [0, 0.05) is 22.3 Å². The largest absolute Gasteiger partial charge is 0.503 e. The van der Waals surface area contributed by atoms with Crippen molar-refractivity contribution in [2.75, 3.05) is 22.2 Å². The summed E-state index contributed by atoms with van der Waals surface area (Å²) in [6.45, 7) is 0. The fourth-order valence-electron chi connectivity index (χ4n) is 9.67. The minimum atomic E-state index is -1.47. The molecule has 56 heavy (non-hydrogen) atoms. The zero-order valence-electron chi connectivity index (χ0n) is 30.1. The number of ether oxygens (including phenoxy) is 1. The lowest BCUT2D eigenvalue weighted by molar-refractivity contribution is -0.127. The molecule has 0 radical (unpaired) electrons. The summed E-state index contributed by atoms with van der Waals surface area (Å²) in [7, 11) is 1.45. The number of phenols is 1. The Morgan fingerprint density at radius 1 is 0.768 bits per heavy atom. The van der Waals surface area contributed by atoms with Crippen molar-refractivity contribution in [1.82, 2.24) is 0 Å². The second kappa shape index (κ2) is 13.8. The van der Waals surface area contributed by atoms with Crippen molar-refractivity contribution >= 4 is 73.9 Å². The monoisotopic (exact) mass is 827 g/mol. The van der Waals surface area contributed by atoms with Gasteiger partial charge in [-0.1, -0.05) is 77.8 Å². The molecule has 5 aromatic carbocycles. The van der Waals surface area contributed by atoms with Gasteiger partial charge in [-0.15, -0.1) is 0 Å². The van der Waals surface area contributed by atoms with Gasteiger partial charge in [-0.2, -0.15) is 0 Å². The van der Waals surface area contributed by atoms with Crippen LogP contribution >= 0.6 is 27.5 Å². The molecule has 0 unspecified atom stereocenters. The smallest absolute Gasteiger partial charge is 0.246 e. The van der Waals surface area contributed by atoms with Crippen LogP contribution in [-0.2, 0) is 24.6 Å². The number of rotatable bonds is 7. The van der Waals surface area contributed by atoms with E-state index < -0.39 is 46.8 Å². The van der Waals surface area contributed by atoms with Crippen molar-refractivity contribution in [2.24, 2.45) is 23.7 Å². The van der Waals surface area contributed by atoms with Crippen LogP contribution in [0.4, 0.5) is 22.7 Å². The van der Waals surface area contributed by atoms with E-state index in [1.165, 1.54) is 16.9 Å². The molecule has 0 aromatic heterocycles. The van der Waals surface area contributed by atoms with Crippen molar-refractivity contribution in [2.45, 2.75) is 24.2 Å². The van der Waals surface area contributed by atoms with Gasteiger partial charge < -0.3 is 15.2 Å². The van der Waals surface area contributed by atoms with Crippen LogP contribution in [0.15, 0.2) is 137 Å². The predicted molar refractivity (Wildman–Crippen MR) is 217 cm³/mol. The molecule has 11 heteroatoms. The van der Waals surface area contributed by atoms with E-state index >= 15 is 9.59 Å². The van der Waals surface area contributed by atoms with Crippen LogP contribution < -0.4 is 19.9 Å². The predicted octanol–water partition coefficient (Wildman–Crippen LogP) is 8.93. The molecule has 4 aliphatic rings. The van der Waals surface area contributed by atoms with E-state index in [0.29, 0.717) is 32.0 Å². The highest BCUT2D eigenvalue weighted by atomic mass is 79.9. The van der Waals surface area contributed by atoms with Gasteiger partial charge in [0.2, 0.25) is 23.6 Å². The lowest BCUT2D eigenvalue weighted by atomic mass is 9.49. The van der Waals surface area contributed by atoms with E-state index in [9.17, 15) is 14.7 Å². The summed E-state index contributed by atoms with van der Waals surface area (Å²) in [5.41, 5.74) is 3.10. The molecular weight excluding hydrogens is 794 g/mol. The van der Waals surface area contributed by atoms with Crippen molar-refractivity contribution in [1.29, 1.82) is 0 Å². The summed E-state index contributed by atoms with van der Waals surface area (Å²) in [5, 5.41) is 14.6. The number of nitrogens with one attached hydrogen (secondary N) is 1. The van der Waals surface area contributed by atoms with Crippen LogP contribution in [0.1, 0.15) is 29.9 Å². The van der Waals surface area contributed by atoms with Gasteiger partial charge in [-0.05, 0) is 113 Å². The minimum Gasteiger partial charge on any atom is -0.503 e. The number of hydrogen-bond acceptors (Lipinski definition) is 7. The van der Waals surface area contributed by atoms with Gasteiger partial charge in [-0.25, -0.2) is 4.90 Å². The lowest BCUT2D eigenvalue weighted by Crippen LogP contribution is -2.53. The van der Waals surface area contributed by atoms with E-state index in [2.05, 4.69) is 21.2 Å². The van der Waals surface area contributed by atoms with Gasteiger partial charge in [0.25, 0.3) is 0 Å². The Hall–Kier alpha value is -5.71. The average molecular weight is 829 g/mol. The highest BCUT2D eigenvalue weighted by molar-refractivity contribution is 9.10. The number of methoxy groups -OCH3 is 1. The first kappa shape index (κ1) is 36.0. The maximum absolute atomic E-state index is 15.5. The fourth-order valence-corrected chi connectivity index (χ4v) is 10.3. The van der Waals surface area contributed by atoms with Crippen molar-refractivity contribution in [3.05, 3.63) is 154 Å². The molecule has 9 nitrogen and oxygen atoms in total. The molecule has 1 saturated carbocycles. The van der Waals surface area contributed by atoms with Crippen molar-refractivity contribution in [3.63, 3.8) is 0 Å². The van der Waals surface area contributed by atoms with E-state index in [-0.39, 0.29) is 36.2 Å². The number of fused-ring (bicyclic) bond motifs is 4. The number of nitrogens with zero attached hydrogens (tertiary/aromatic N) is 2. The number of anilines is 4. The number of imide groups is 2. The van der Waals surface area contributed by atoms with Crippen molar-refractivity contribution < 1.29 is 29.0 Å². The number of amides is 4. The summed E-state index contributed by atoms with van der Waals surface area (Å²) in [6, 6.07) is 36.3. The highest BCUT2D eigenvalue weighted by Gasteiger charge is 2.70. The van der Waals surface area contributed by atoms with Gasteiger partial charge in [0.1, 0.15) is 0 Å². The Kier molecular flexibility index (Phi) is 8.86. The summed E-state index contributed by atoms with van der Waals surface area (Å²) in [5.74, 6) is -5.10. The Bertz CT molecular complexity index is 2460.